The van der Waals surface area contributed by atoms with Gasteiger partial charge in [-0.2, -0.15) is 0 Å². The largest absolute Gasteiger partial charge is 0.387 e. The fourth-order valence-electron chi connectivity index (χ4n) is 7.36. The van der Waals surface area contributed by atoms with Gasteiger partial charge in [-0.25, -0.2) is 0 Å². The molecular formula is C20H34O2. The van der Waals surface area contributed by atoms with E-state index in [1.807, 2.05) is 6.92 Å². The summed E-state index contributed by atoms with van der Waals surface area (Å²) < 4.78 is 5.69. The van der Waals surface area contributed by atoms with Crippen LogP contribution in [0.25, 0.3) is 0 Å². The summed E-state index contributed by atoms with van der Waals surface area (Å²) in [6.45, 7) is 4.58. The maximum absolute atomic E-state index is 10.7. The van der Waals surface area contributed by atoms with E-state index in [2.05, 4.69) is 6.92 Å². The minimum absolute atomic E-state index is 0.0457. The number of hydrogen-bond acceptors (Lipinski definition) is 2. The van der Waals surface area contributed by atoms with Crippen molar-refractivity contribution in [1.29, 1.82) is 0 Å². The standard InChI is InChI=1S/C20H34O2/c1-19-9-4-5-17(19)15-7-6-13-12-20(2,21)18(22-3)11-16(13)14(15)8-10-19/h13-18,21H,4-12H2,1-3H3/t13-,14-,15+,16-,17-,18-,19-,20-/m0/s1. The molecule has 4 aliphatic carbocycles. The summed E-state index contributed by atoms with van der Waals surface area (Å²) in [5, 5.41) is 10.7. The molecule has 4 rings (SSSR count). The number of hydrogen-bond donors (Lipinski definition) is 1. The first-order valence-corrected chi connectivity index (χ1v) is 9.70. The van der Waals surface area contributed by atoms with Crippen LogP contribution in [0, 0.1) is 35.0 Å². The Morgan fingerprint density at radius 3 is 2.55 bits per heavy atom. The summed E-state index contributed by atoms with van der Waals surface area (Å²) in [4.78, 5) is 0. The van der Waals surface area contributed by atoms with Gasteiger partial charge in [0, 0.05) is 7.11 Å². The monoisotopic (exact) mass is 306 g/mol. The summed E-state index contributed by atoms with van der Waals surface area (Å²) >= 11 is 0. The van der Waals surface area contributed by atoms with E-state index >= 15 is 0 Å². The minimum atomic E-state index is -0.612. The zero-order chi connectivity index (χ0) is 15.5. The smallest absolute Gasteiger partial charge is 0.0882 e. The lowest BCUT2D eigenvalue weighted by Gasteiger charge is -2.57. The Kier molecular flexibility index (Phi) is 3.66. The zero-order valence-electron chi connectivity index (χ0n) is 14.7. The lowest BCUT2D eigenvalue weighted by atomic mass is 9.49. The first-order chi connectivity index (χ1) is 10.4. The van der Waals surface area contributed by atoms with Crippen LogP contribution in [-0.2, 0) is 4.74 Å². The van der Waals surface area contributed by atoms with Gasteiger partial charge in [0.25, 0.3) is 0 Å². The number of methoxy groups -OCH3 is 1. The van der Waals surface area contributed by atoms with Gasteiger partial charge in [-0.15, -0.1) is 0 Å². The van der Waals surface area contributed by atoms with E-state index in [0.29, 0.717) is 5.41 Å². The van der Waals surface area contributed by atoms with Gasteiger partial charge in [0.05, 0.1) is 11.7 Å². The maximum atomic E-state index is 10.7. The van der Waals surface area contributed by atoms with Crippen molar-refractivity contribution in [2.75, 3.05) is 7.11 Å². The Morgan fingerprint density at radius 1 is 0.955 bits per heavy atom. The van der Waals surface area contributed by atoms with Crippen molar-refractivity contribution >= 4 is 0 Å². The predicted molar refractivity (Wildman–Crippen MR) is 88.5 cm³/mol. The van der Waals surface area contributed by atoms with Gasteiger partial charge in [0.15, 0.2) is 0 Å². The molecule has 0 heterocycles. The molecule has 0 aromatic rings. The third-order valence-electron chi connectivity index (χ3n) is 8.44. The predicted octanol–water partition coefficient (Wildman–Crippen LogP) is 4.41. The molecule has 0 aromatic carbocycles. The van der Waals surface area contributed by atoms with E-state index in [0.717, 1.165) is 42.4 Å². The first kappa shape index (κ1) is 15.4. The van der Waals surface area contributed by atoms with Gasteiger partial charge in [-0.05, 0) is 93.3 Å². The molecule has 2 heteroatoms. The molecule has 4 fully saturated rings. The van der Waals surface area contributed by atoms with Crippen LogP contribution in [0.3, 0.4) is 0 Å². The first-order valence-electron chi connectivity index (χ1n) is 9.70. The number of fused-ring (bicyclic) bond motifs is 5. The molecule has 0 amide bonds. The second kappa shape index (κ2) is 5.21. The lowest BCUT2D eigenvalue weighted by Crippen LogP contribution is -2.55. The normalized spacial score (nSPS) is 57.8. The van der Waals surface area contributed by atoms with Crippen molar-refractivity contribution in [3.63, 3.8) is 0 Å². The van der Waals surface area contributed by atoms with Crippen molar-refractivity contribution in [3.05, 3.63) is 0 Å². The Hall–Kier alpha value is -0.0800. The van der Waals surface area contributed by atoms with Crippen molar-refractivity contribution in [1.82, 2.24) is 0 Å². The Labute approximate surface area is 136 Å². The van der Waals surface area contributed by atoms with E-state index in [1.54, 1.807) is 7.11 Å². The number of rotatable bonds is 1. The van der Waals surface area contributed by atoms with Crippen molar-refractivity contribution in [3.8, 4) is 0 Å². The van der Waals surface area contributed by atoms with Crippen molar-refractivity contribution < 1.29 is 9.84 Å². The molecule has 0 saturated heterocycles. The third-order valence-corrected chi connectivity index (χ3v) is 8.44. The molecule has 126 valence electrons. The molecule has 2 nitrogen and oxygen atoms in total. The van der Waals surface area contributed by atoms with Crippen LogP contribution in [-0.4, -0.2) is 23.9 Å². The van der Waals surface area contributed by atoms with E-state index < -0.39 is 5.60 Å². The zero-order valence-corrected chi connectivity index (χ0v) is 14.7. The van der Waals surface area contributed by atoms with Crippen LogP contribution < -0.4 is 0 Å². The molecule has 0 bridgehead atoms. The molecule has 0 aromatic heterocycles. The van der Waals surface area contributed by atoms with Gasteiger partial charge >= 0.3 is 0 Å². The molecule has 0 spiro atoms. The summed E-state index contributed by atoms with van der Waals surface area (Å²) in [6, 6.07) is 0. The van der Waals surface area contributed by atoms with Crippen LogP contribution in [0.15, 0.2) is 0 Å². The van der Waals surface area contributed by atoms with Gasteiger partial charge in [0.1, 0.15) is 0 Å². The lowest BCUT2D eigenvalue weighted by molar-refractivity contribution is -0.162. The van der Waals surface area contributed by atoms with Crippen LogP contribution in [0.4, 0.5) is 0 Å². The van der Waals surface area contributed by atoms with E-state index in [-0.39, 0.29) is 6.10 Å². The van der Waals surface area contributed by atoms with E-state index in [9.17, 15) is 5.11 Å². The van der Waals surface area contributed by atoms with Crippen LogP contribution in [0.1, 0.15) is 71.6 Å². The molecule has 22 heavy (non-hydrogen) atoms. The van der Waals surface area contributed by atoms with Gasteiger partial charge < -0.3 is 9.84 Å². The second-order valence-corrected chi connectivity index (χ2v) is 9.54. The highest BCUT2D eigenvalue weighted by Gasteiger charge is 2.56. The molecule has 0 aliphatic heterocycles. The van der Waals surface area contributed by atoms with E-state index in [4.69, 9.17) is 4.74 Å². The van der Waals surface area contributed by atoms with Crippen molar-refractivity contribution in [2.45, 2.75) is 83.3 Å². The highest BCUT2D eigenvalue weighted by atomic mass is 16.5. The fourth-order valence-corrected chi connectivity index (χ4v) is 7.36. The molecule has 4 aliphatic rings. The van der Waals surface area contributed by atoms with E-state index in [1.165, 1.54) is 44.9 Å². The Balaban J connectivity index is 1.57. The average Bonchev–Trinajstić information content (AvgIpc) is 2.87. The summed E-state index contributed by atoms with van der Waals surface area (Å²) in [5.41, 5.74) is 0.0497. The molecule has 8 atom stereocenters. The maximum Gasteiger partial charge on any atom is 0.0882 e. The van der Waals surface area contributed by atoms with Gasteiger partial charge in [-0.1, -0.05) is 13.3 Å². The Bertz CT molecular complexity index is 431. The van der Waals surface area contributed by atoms with Crippen LogP contribution in [0.2, 0.25) is 0 Å². The average molecular weight is 306 g/mol. The molecule has 1 N–H and O–H groups in total. The minimum Gasteiger partial charge on any atom is -0.387 e. The summed E-state index contributed by atoms with van der Waals surface area (Å²) in [7, 11) is 1.79. The molecule has 0 unspecified atom stereocenters. The second-order valence-electron chi connectivity index (χ2n) is 9.54. The third kappa shape index (κ3) is 2.20. The van der Waals surface area contributed by atoms with Gasteiger partial charge in [0.2, 0.25) is 0 Å². The SMILES string of the molecule is CO[C@H]1C[C@H]2[C@@H](CC[C@@H]3[C@@H]2CC[C@]2(C)CCC[C@@H]32)C[C@]1(C)O. The molecule has 0 radical (unpaired) electrons. The van der Waals surface area contributed by atoms with Crippen LogP contribution >= 0.6 is 0 Å². The van der Waals surface area contributed by atoms with Gasteiger partial charge in [-0.3, -0.25) is 0 Å². The molecular weight excluding hydrogens is 272 g/mol. The Morgan fingerprint density at radius 2 is 1.77 bits per heavy atom. The highest BCUT2D eigenvalue weighted by molar-refractivity contribution is 5.06. The summed E-state index contributed by atoms with van der Waals surface area (Å²) in [5.74, 6) is 4.45. The van der Waals surface area contributed by atoms with Crippen molar-refractivity contribution in [2.24, 2.45) is 35.0 Å². The quantitative estimate of drug-likeness (QED) is 0.778. The van der Waals surface area contributed by atoms with Crippen LogP contribution in [0.5, 0.6) is 0 Å². The number of aliphatic hydroxyl groups is 1. The molecule has 4 saturated carbocycles. The fraction of sp³-hybridized carbons (Fsp3) is 1.00. The number of ether oxygens (including phenoxy) is 1. The highest BCUT2D eigenvalue weighted by Crippen LogP contribution is 2.62. The summed E-state index contributed by atoms with van der Waals surface area (Å²) in [6.07, 6.45) is 12.2. The topological polar surface area (TPSA) is 29.5 Å².